The topological polar surface area (TPSA) is 23.6 Å². The Kier molecular flexibility index (Phi) is 8.56. The molecule has 3 rings (SSSR count). The molecule has 0 atom stereocenters. The summed E-state index contributed by atoms with van der Waals surface area (Å²) in [7, 11) is 2.14. The van der Waals surface area contributed by atoms with Gasteiger partial charge >= 0.3 is 0 Å². The van der Waals surface area contributed by atoms with E-state index in [1.165, 1.54) is 36.8 Å². The molecular formula is C18H28Cl2N2O. The summed E-state index contributed by atoms with van der Waals surface area (Å²) < 4.78 is 0. The van der Waals surface area contributed by atoms with Crippen LogP contribution in [0.4, 0.5) is 0 Å². The minimum atomic E-state index is 0. The number of benzene rings is 1. The zero-order valence-corrected chi connectivity index (χ0v) is 15.6. The highest BCUT2D eigenvalue weighted by Gasteiger charge is 2.18. The molecule has 1 saturated heterocycles. The summed E-state index contributed by atoms with van der Waals surface area (Å²) in [5, 5.41) is 0. The summed E-state index contributed by atoms with van der Waals surface area (Å²) in [6.07, 6.45) is 6.21. The number of nitrogens with zero attached hydrogens (tertiary/aromatic N) is 2. The van der Waals surface area contributed by atoms with Crippen molar-refractivity contribution in [1.82, 2.24) is 9.80 Å². The Morgan fingerprint density at radius 3 is 2.30 bits per heavy atom. The van der Waals surface area contributed by atoms with Gasteiger partial charge in [-0.2, -0.15) is 0 Å². The Labute approximate surface area is 152 Å². The van der Waals surface area contributed by atoms with Crippen molar-refractivity contribution in [1.29, 1.82) is 0 Å². The number of hydrogen-bond acceptors (Lipinski definition) is 3. The predicted molar refractivity (Wildman–Crippen MR) is 100 cm³/mol. The number of aryl methyl sites for hydroxylation is 2. The average Bonchev–Trinajstić information content (AvgIpc) is 2.74. The summed E-state index contributed by atoms with van der Waals surface area (Å²) >= 11 is 0. The highest BCUT2D eigenvalue weighted by atomic mass is 35.5. The van der Waals surface area contributed by atoms with Crippen LogP contribution >= 0.6 is 24.8 Å². The van der Waals surface area contributed by atoms with Gasteiger partial charge in [-0.05, 0) is 49.9 Å². The van der Waals surface area contributed by atoms with Gasteiger partial charge in [0.05, 0.1) is 6.54 Å². The molecule has 5 heteroatoms. The number of carbonyl (C=O) groups excluding carboxylic acids is 1. The van der Waals surface area contributed by atoms with Crippen LogP contribution in [-0.2, 0) is 12.8 Å². The maximum atomic E-state index is 12.5. The highest BCUT2D eigenvalue weighted by molar-refractivity contribution is 5.97. The van der Waals surface area contributed by atoms with Crippen molar-refractivity contribution < 1.29 is 4.79 Å². The van der Waals surface area contributed by atoms with Crippen LogP contribution in [0.15, 0.2) is 18.2 Å². The van der Waals surface area contributed by atoms with Gasteiger partial charge in [-0.1, -0.05) is 18.6 Å². The van der Waals surface area contributed by atoms with Gasteiger partial charge in [0.25, 0.3) is 0 Å². The maximum absolute atomic E-state index is 12.5. The summed E-state index contributed by atoms with van der Waals surface area (Å²) in [6.45, 7) is 4.72. The van der Waals surface area contributed by atoms with Gasteiger partial charge in [-0.15, -0.1) is 24.8 Å². The fourth-order valence-corrected chi connectivity index (χ4v) is 3.38. The quantitative estimate of drug-likeness (QED) is 0.612. The fourth-order valence-electron chi connectivity index (χ4n) is 3.38. The van der Waals surface area contributed by atoms with Crippen LogP contribution in [0.5, 0.6) is 0 Å². The smallest absolute Gasteiger partial charge is 0.176 e. The van der Waals surface area contributed by atoms with Crippen LogP contribution in [0.25, 0.3) is 0 Å². The van der Waals surface area contributed by atoms with Gasteiger partial charge in [-0.25, -0.2) is 0 Å². The van der Waals surface area contributed by atoms with Crippen molar-refractivity contribution in [3.8, 4) is 0 Å². The van der Waals surface area contributed by atoms with Crippen LogP contribution < -0.4 is 0 Å². The molecule has 23 heavy (non-hydrogen) atoms. The van der Waals surface area contributed by atoms with E-state index in [2.05, 4.69) is 29.0 Å². The first-order valence-electron chi connectivity index (χ1n) is 8.28. The molecule has 130 valence electrons. The SMILES string of the molecule is CN1CCN(CC(=O)c2ccc3c(c2)CCCCC3)CC1.Cl.Cl. The lowest BCUT2D eigenvalue weighted by atomic mass is 9.98. The first-order valence-corrected chi connectivity index (χ1v) is 8.28. The van der Waals surface area contributed by atoms with Crippen LogP contribution in [0, 0.1) is 0 Å². The number of Topliss-reactive ketones (excluding diaryl/α,β-unsaturated/α-hetero) is 1. The second-order valence-corrected chi connectivity index (χ2v) is 6.55. The van der Waals surface area contributed by atoms with Crippen molar-refractivity contribution in [2.75, 3.05) is 39.8 Å². The van der Waals surface area contributed by atoms with Gasteiger partial charge in [0.15, 0.2) is 5.78 Å². The van der Waals surface area contributed by atoms with Crippen molar-refractivity contribution in [2.24, 2.45) is 0 Å². The summed E-state index contributed by atoms with van der Waals surface area (Å²) in [6, 6.07) is 6.40. The molecule has 1 aliphatic heterocycles. The largest absolute Gasteiger partial charge is 0.304 e. The molecule has 1 aromatic carbocycles. The van der Waals surface area contributed by atoms with Gasteiger partial charge in [0.1, 0.15) is 0 Å². The first kappa shape index (κ1) is 20.4. The zero-order valence-electron chi connectivity index (χ0n) is 13.9. The second kappa shape index (κ2) is 9.63. The number of rotatable bonds is 3. The van der Waals surface area contributed by atoms with E-state index in [1.807, 2.05) is 6.07 Å². The lowest BCUT2D eigenvalue weighted by molar-refractivity contribution is 0.0876. The van der Waals surface area contributed by atoms with Crippen molar-refractivity contribution in [2.45, 2.75) is 32.1 Å². The minimum absolute atomic E-state index is 0. The Hall–Kier alpha value is -0.610. The van der Waals surface area contributed by atoms with Gasteiger partial charge < -0.3 is 4.90 Å². The third kappa shape index (κ3) is 5.46. The first-order chi connectivity index (χ1) is 10.2. The van der Waals surface area contributed by atoms with E-state index in [9.17, 15) is 4.79 Å². The average molecular weight is 359 g/mol. The lowest BCUT2D eigenvalue weighted by Gasteiger charge is -2.31. The molecule has 1 fully saturated rings. The summed E-state index contributed by atoms with van der Waals surface area (Å²) in [4.78, 5) is 17.1. The van der Waals surface area contributed by atoms with Gasteiger partial charge in [0.2, 0.25) is 0 Å². The van der Waals surface area contributed by atoms with E-state index in [4.69, 9.17) is 0 Å². The number of hydrogen-bond donors (Lipinski definition) is 0. The molecule has 0 bridgehead atoms. The van der Waals surface area contributed by atoms with Gasteiger partial charge in [-0.3, -0.25) is 9.69 Å². The van der Waals surface area contributed by atoms with E-state index in [-0.39, 0.29) is 30.6 Å². The molecule has 1 aliphatic carbocycles. The summed E-state index contributed by atoms with van der Waals surface area (Å²) in [5.41, 5.74) is 3.79. The Morgan fingerprint density at radius 2 is 1.61 bits per heavy atom. The monoisotopic (exact) mass is 358 g/mol. The van der Waals surface area contributed by atoms with Crippen molar-refractivity contribution >= 4 is 30.6 Å². The standard InChI is InChI=1S/C18H26N2O.2ClH/c1-19-9-11-20(12-10-19)14-18(21)17-8-7-15-5-3-2-4-6-16(15)13-17;;/h7-8,13H,2-6,9-12,14H2,1H3;2*1H. The molecule has 0 spiro atoms. The minimum Gasteiger partial charge on any atom is -0.304 e. The number of carbonyl (C=O) groups is 1. The number of fused-ring (bicyclic) bond motifs is 1. The molecule has 1 aromatic rings. The zero-order chi connectivity index (χ0) is 14.7. The van der Waals surface area contributed by atoms with E-state index < -0.39 is 0 Å². The van der Waals surface area contributed by atoms with Crippen LogP contribution in [0.2, 0.25) is 0 Å². The van der Waals surface area contributed by atoms with Crippen molar-refractivity contribution in [3.63, 3.8) is 0 Å². The third-order valence-electron chi connectivity index (χ3n) is 4.88. The normalized spacial score (nSPS) is 19.0. The Bertz CT molecular complexity index is 514. The van der Waals surface area contributed by atoms with E-state index in [0.717, 1.165) is 38.2 Å². The number of halogens is 2. The Morgan fingerprint density at radius 1 is 0.957 bits per heavy atom. The number of piperazine rings is 1. The summed E-state index contributed by atoms with van der Waals surface area (Å²) in [5.74, 6) is 0.284. The predicted octanol–water partition coefficient (Wildman–Crippen LogP) is 3.23. The molecule has 0 saturated carbocycles. The van der Waals surface area contributed by atoms with E-state index >= 15 is 0 Å². The maximum Gasteiger partial charge on any atom is 0.176 e. The fraction of sp³-hybridized carbons (Fsp3) is 0.611. The second-order valence-electron chi connectivity index (χ2n) is 6.55. The Balaban J connectivity index is 0.00000132. The number of likely N-dealkylation sites (N-methyl/N-ethyl adjacent to an activating group) is 1. The molecule has 0 aromatic heterocycles. The molecule has 0 N–H and O–H groups in total. The number of ketones is 1. The van der Waals surface area contributed by atoms with Crippen LogP contribution in [-0.4, -0.2) is 55.4 Å². The van der Waals surface area contributed by atoms with E-state index in [1.54, 1.807) is 0 Å². The van der Waals surface area contributed by atoms with E-state index in [0.29, 0.717) is 6.54 Å². The lowest BCUT2D eigenvalue weighted by Crippen LogP contribution is -2.46. The van der Waals surface area contributed by atoms with Crippen LogP contribution in [0.1, 0.15) is 40.7 Å². The van der Waals surface area contributed by atoms with Gasteiger partial charge in [0, 0.05) is 31.7 Å². The molecule has 0 radical (unpaired) electrons. The molecular weight excluding hydrogens is 331 g/mol. The third-order valence-corrected chi connectivity index (χ3v) is 4.88. The highest BCUT2D eigenvalue weighted by Crippen LogP contribution is 2.22. The molecule has 3 nitrogen and oxygen atoms in total. The molecule has 2 aliphatic rings. The van der Waals surface area contributed by atoms with Crippen LogP contribution in [0.3, 0.4) is 0 Å². The molecule has 1 heterocycles. The molecule has 0 amide bonds. The molecule has 0 unspecified atom stereocenters. The van der Waals surface area contributed by atoms with Crippen molar-refractivity contribution in [3.05, 3.63) is 34.9 Å².